The first-order chi connectivity index (χ1) is 27.9. The largest absolute Gasteiger partial charge is 0.453 e. The SMILES string of the molecule is COC(=O)N[C@H](C(=O)N1CCC[C@H]1c1nc(-c2ccc(-c3ccc(-c4cnc5[nH]c([C@@H]6CCCN6C(=O)[C@@H](NC(=O)OC)C(C)C)nc5c4)cn3)cc2)c[nH]1)C(C)C. The Balaban J connectivity index is 1.02. The second kappa shape index (κ2) is 17.0. The van der Waals surface area contributed by atoms with Crippen molar-refractivity contribution in [3.05, 3.63) is 72.7 Å². The highest BCUT2D eigenvalue weighted by molar-refractivity contribution is 5.87. The highest BCUT2D eigenvalue weighted by Crippen LogP contribution is 2.35. The van der Waals surface area contributed by atoms with E-state index in [1.807, 2.05) is 82.6 Å². The zero-order valence-electron chi connectivity index (χ0n) is 33.6. The van der Waals surface area contributed by atoms with E-state index in [2.05, 4.69) is 25.6 Å². The van der Waals surface area contributed by atoms with Gasteiger partial charge in [-0.2, -0.15) is 0 Å². The summed E-state index contributed by atoms with van der Waals surface area (Å²) in [4.78, 5) is 80.4. The predicted octanol–water partition coefficient (Wildman–Crippen LogP) is 6.17. The molecule has 0 unspecified atom stereocenters. The van der Waals surface area contributed by atoms with Crippen LogP contribution in [0.25, 0.3) is 44.8 Å². The zero-order chi connectivity index (χ0) is 41.1. The summed E-state index contributed by atoms with van der Waals surface area (Å²) in [5.74, 6) is 0.823. The van der Waals surface area contributed by atoms with E-state index in [9.17, 15) is 19.2 Å². The van der Waals surface area contributed by atoms with Crippen LogP contribution in [-0.4, -0.2) is 103 Å². The maximum atomic E-state index is 13.6. The Bertz CT molecular complexity index is 2270. The number of aromatic nitrogens is 6. The van der Waals surface area contributed by atoms with Gasteiger partial charge in [-0.3, -0.25) is 14.6 Å². The number of amides is 4. The number of imidazole rings is 2. The standard InChI is InChI=1S/C42H50N10O6/c1-23(2)34(48-41(55)57-5)39(53)51-17-7-9-32(51)37-45-22-31(47-37)26-13-11-25(12-14-26)29-16-15-27(20-43-29)28-19-30-36(44-21-28)50-38(46-30)33-10-8-18-52(33)40(54)35(24(3)4)49-42(56)58-6/h11-16,19-24,32-35H,7-10,17-18H2,1-6H3,(H,45,47)(H,48,55)(H,49,56)(H,44,46,50)/t32-,33-,34-,35-/m0/s1. The fraction of sp³-hybridized carbons (Fsp3) is 0.429. The second-order valence-electron chi connectivity index (χ2n) is 15.5. The number of carbonyl (C=O) groups excluding carboxylic acids is 4. The van der Waals surface area contributed by atoms with Gasteiger partial charge >= 0.3 is 12.2 Å². The molecular formula is C42H50N10O6. The lowest BCUT2D eigenvalue weighted by atomic mass is 10.0. The number of nitrogens with zero attached hydrogens (tertiary/aromatic N) is 6. The first-order valence-corrected chi connectivity index (χ1v) is 19.7. The van der Waals surface area contributed by atoms with Gasteiger partial charge in [0.1, 0.15) is 29.2 Å². The molecule has 4 N–H and O–H groups in total. The number of hydrogen-bond donors (Lipinski definition) is 4. The molecule has 0 spiro atoms. The summed E-state index contributed by atoms with van der Waals surface area (Å²) < 4.78 is 9.51. The van der Waals surface area contributed by atoms with Crippen molar-refractivity contribution in [2.75, 3.05) is 27.3 Å². The molecule has 6 heterocycles. The van der Waals surface area contributed by atoms with Gasteiger partial charge in [0.2, 0.25) is 11.8 Å². The number of methoxy groups -OCH3 is 2. The van der Waals surface area contributed by atoms with E-state index < -0.39 is 24.3 Å². The third-order valence-corrected chi connectivity index (χ3v) is 11.0. The molecule has 0 saturated carbocycles. The minimum absolute atomic E-state index is 0.112. The number of alkyl carbamates (subject to hydrolysis) is 2. The number of H-pyrrole nitrogens is 2. The van der Waals surface area contributed by atoms with E-state index in [0.717, 1.165) is 59.3 Å². The Morgan fingerprint density at radius 1 is 0.690 bits per heavy atom. The number of rotatable bonds is 11. The van der Waals surface area contributed by atoms with E-state index in [1.54, 1.807) is 16.0 Å². The van der Waals surface area contributed by atoms with Crippen LogP contribution in [0.4, 0.5) is 9.59 Å². The molecule has 16 nitrogen and oxygen atoms in total. The van der Waals surface area contributed by atoms with Crippen LogP contribution in [0.1, 0.15) is 77.1 Å². The van der Waals surface area contributed by atoms with Gasteiger partial charge in [-0.25, -0.2) is 24.5 Å². The van der Waals surface area contributed by atoms with Crippen LogP contribution in [0.15, 0.2) is 61.1 Å². The summed E-state index contributed by atoms with van der Waals surface area (Å²) in [5, 5.41) is 5.38. The number of pyridine rings is 2. The molecule has 0 aliphatic carbocycles. The van der Waals surface area contributed by atoms with E-state index in [1.165, 1.54) is 14.2 Å². The predicted molar refractivity (Wildman–Crippen MR) is 216 cm³/mol. The Kier molecular flexibility index (Phi) is 11.7. The van der Waals surface area contributed by atoms with E-state index in [-0.39, 0.29) is 35.7 Å². The summed E-state index contributed by atoms with van der Waals surface area (Å²) in [5.41, 5.74) is 6.50. The number of likely N-dealkylation sites (tertiary alicyclic amines) is 2. The van der Waals surface area contributed by atoms with Gasteiger partial charge < -0.3 is 39.9 Å². The first kappa shape index (κ1) is 39.9. The monoisotopic (exact) mass is 790 g/mol. The van der Waals surface area contributed by atoms with Crippen LogP contribution in [0, 0.1) is 11.8 Å². The molecular weight excluding hydrogens is 741 g/mol. The summed E-state index contributed by atoms with van der Waals surface area (Å²) in [6, 6.07) is 12.1. The zero-order valence-corrected chi connectivity index (χ0v) is 33.6. The third-order valence-electron chi connectivity index (χ3n) is 11.0. The van der Waals surface area contributed by atoms with Gasteiger partial charge in [0.15, 0.2) is 5.65 Å². The smallest absolute Gasteiger partial charge is 0.407 e. The van der Waals surface area contributed by atoms with Crippen molar-refractivity contribution in [1.82, 2.24) is 50.3 Å². The van der Waals surface area contributed by atoms with Crippen LogP contribution in [0.5, 0.6) is 0 Å². The van der Waals surface area contributed by atoms with Gasteiger partial charge in [-0.15, -0.1) is 0 Å². The van der Waals surface area contributed by atoms with E-state index in [0.29, 0.717) is 35.9 Å². The second-order valence-corrected chi connectivity index (χ2v) is 15.5. The molecule has 1 aromatic carbocycles. The van der Waals surface area contributed by atoms with Crippen molar-refractivity contribution < 1.29 is 28.7 Å². The first-order valence-electron chi connectivity index (χ1n) is 19.7. The fourth-order valence-electron chi connectivity index (χ4n) is 7.82. The normalized spacial score (nSPS) is 17.8. The van der Waals surface area contributed by atoms with Crippen LogP contribution in [0.3, 0.4) is 0 Å². The number of aromatic amines is 2. The van der Waals surface area contributed by atoms with E-state index in [4.69, 9.17) is 24.4 Å². The molecule has 2 saturated heterocycles. The summed E-state index contributed by atoms with van der Waals surface area (Å²) >= 11 is 0. The van der Waals surface area contributed by atoms with Crippen LogP contribution in [0.2, 0.25) is 0 Å². The molecule has 4 amide bonds. The molecule has 2 aliphatic heterocycles. The van der Waals surface area contributed by atoms with Gasteiger partial charge in [0, 0.05) is 53.9 Å². The molecule has 58 heavy (non-hydrogen) atoms. The lowest BCUT2D eigenvalue weighted by molar-refractivity contribution is -0.136. The Hall–Kier alpha value is -6.32. The molecule has 5 aromatic rings. The highest BCUT2D eigenvalue weighted by atomic mass is 16.5. The molecule has 4 atom stereocenters. The molecule has 16 heteroatoms. The third kappa shape index (κ3) is 8.22. The van der Waals surface area contributed by atoms with Gasteiger partial charge in [0.05, 0.1) is 37.7 Å². The lowest BCUT2D eigenvalue weighted by Gasteiger charge is -2.29. The quantitative estimate of drug-likeness (QED) is 0.120. The Morgan fingerprint density at radius 3 is 1.76 bits per heavy atom. The van der Waals surface area contributed by atoms with E-state index >= 15 is 0 Å². The highest BCUT2D eigenvalue weighted by Gasteiger charge is 2.39. The summed E-state index contributed by atoms with van der Waals surface area (Å²) in [6.07, 6.45) is 7.36. The number of benzene rings is 1. The van der Waals surface area contributed by atoms with Crippen molar-refractivity contribution in [3.63, 3.8) is 0 Å². The molecule has 0 radical (unpaired) electrons. The molecule has 4 aromatic heterocycles. The number of hydrogen-bond acceptors (Lipinski definition) is 10. The minimum Gasteiger partial charge on any atom is -0.453 e. The Morgan fingerprint density at radius 2 is 1.22 bits per heavy atom. The number of fused-ring (bicyclic) bond motifs is 1. The number of carbonyl (C=O) groups is 4. The van der Waals surface area contributed by atoms with Crippen molar-refractivity contribution in [1.29, 1.82) is 0 Å². The van der Waals surface area contributed by atoms with Crippen LogP contribution < -0.4 is 10.6 Å². The average Bonchev–Trinajstić information content (AvgIpc) is 4.07. The van der Waals surface area contributed by atoms with Gasteiger partial charge in [-0.1, -0.05) is 58.0 Å². The summed E-state index contributed by atoms with van der Waals surface area (Å²) in [7, 11) is 2.57. The van der Waals surface area contributed by atoms with Crippen LogP contribution in [-0.2, 0) is 19.1 Å². The Labute approximate surface area is 336 Å². The molecule has 2 fully saturated rings. The molecule has 0 bridgehead atoms. The minimum atomic E-state index is -0.712. The van der Waals surface area contributed by atoms with Crippen molar-refractivity contribution >= 4 is 35.2 Å². The van der Waals surface area contributed by atoms with Gasteiger partial charge in [0.25, 0.3) is 0 Å². The number of nitrogens with one attached hydrogen (secondary N) is 4. The summed E-state index contributed by atoms with van der Waals surface area (Å²) in [6.45, 7) is 8.72. The molecule has 304 valence electrons. The average molecular weight is 791 g/mol. The maximum absolute atomic E-state index is 13.6. The van der Waals surface area contributed by atoms with Crippen LogP contribution >= 0.6 is 0 Å². The van der Waals surface area contributed by atoms with Gasteiger partial charge in [-0.05, 0) is 49.7 Å². The van der Waals surface area contributed by atoms with Crippen molar-refractivity contribution in [2.45, 2.75) is 77.5 Å². The molecule has 7 rings (SSSR count). The van der Waals surface area contributed by atoms with Crippen molar-refractivity contribution in [3.8, 4) is 33.6 Å². The number of ether oxygens (including phenoxy) is 2. The fourth-order valence-corrected chi connectivity index (χ4v) is 7.82. The maximum Gasteiger partial charge on any atom is 0.407 e. The topological polar surface area (TPSA) is 200 Å². The van der Waals surface area contributed by atoms with Crippen molar-refractivity contribution in [2.24, 2.45) is 11.8 Å². The molecule has 2 aliphatic rings. The lowest BCUT2D eigenvalue weighted by Crippen LogP contribution is -2.51.